The fraction of sp³-hybridized carbons (Fsp3) is 0.308. The van der Waals surface area contributed by atoms with E-state index in [1.165, 1.54) is 11.3 Å². The summed E-state index contributed by atoms with van der Waals surface area (Å²) in [7, 11) is 1.60. The molecule has 19 heavy (non-hydrogen) atoms. The van der Waals surface area contributed by atoms with Gasteiger partial charge < -0.3 is 14.6 Å². The smallest absolute Gasteiger partial charge is 0.140 e. The van der Waals surface area contributed by atoms with Gasteiger partial charge in [-0.2, -0.15) is 0 Å². The van der Waals surface area contributed by atoms with Crippen molar-refractivity contribution in [2.24, 2.45) is 0 Å². The average molecular weight is 300 g/mol. The van der Waals surface area contributed by atoms with E-state index in [2.05, 4.69) is 4.98 Å². The van der Waals surface area contributed by atoms with Crippen LogP contribution in [0.4, 0.5) is 0 Å². The Morgan fingerprint density at radius 2 is 2.00 bits per heavy atom. The molecule has 0 bridgehead atoms. The van der Waals surface area contributed by atoms with Crippen LogP contribution in [0.25, 0.3) is 0 Å². The number of aromatic nitrogens is 1. The molecule has 1 N–H and O–H groups in total. The van der Waals surface area contributed by atoms with Crippen molar-refractivity contribution in [3.05, 3.63) is 44.9 Å². The standard InChI is InChI=1S/C13H14ClNO3S/c1-17-7-11-12(6-16)19-13(15-11)8-18-10-4-2-9(14)3-5-10/h2-5,16H,6-8H2,1H3. The van der Waals surface area contributed by atoms with Crippen LogP contribution in [0.1, 0.15) is 15.6 Å². The second-order valence-electron chi connectivity index (χ2n) is 3.81. The highest BCUT2D eigenvalue weighted by atomic mass is 35.5. The summed E-state index contributed by atoms with van der Waals surface area (Å²) in [5.74, 6) is 0.735. The lowest BCUT2D eigenvalue weighted by Gasteiger charge is -2.03. The van der Waals surface area contributed by atoms with Gasteiger partial charge in [0.25, 0.3) is 0 Å². The van der Waals surface area contributed by atoms with Crippen LogP contribution in [0, 0.1) is 0 Å². The van der Waals surface area contributed by atoms with Gasteiger partial charge in [0.1, 0.15) is 17.4 Å². The van der Waals surface area contributed by atoms with Crippen molar-refractivity contribution in [2.75, 3.05) is 7.11 Å². The molecule has 0 radical (unpaired) electrons. The SMILES string of the molecule is COCc1nc(COc2ccc(Cl)cc2)sc1CO. The first-order valence-corrected chi connectivity index (χ1v) is 6.88. The summed E-state index contributed by atoms with van der Waals surface area (Å²) in [5, 5.41) is 10.7. The van der Waals surface area contributed by atoms with E-state index < -0.39 is 0 Å². The zero-order chi connectivity index (χ0) is 13.7. The molecule has 0 amide bonds. The van der Waals surface area contributed by atoms with Gasteiger partial charge >= 0.3 is 0 Å². The van der Waals surface area contributed by atoms with Gasteiger partial charge in [0.2, 0.25) is 0 Å². The molecule has 0 fully saturated rings. The fourth-order valence-electron chi connectivity index (χ4n) is 1.55. The molecule has 1 heterocycles. The highest BCUT2D eigenvalue weighted by Gasteiger charge is 2.10. The van der Waals surface area contributed by atoms with Crippen LogP contribution >= 0.6 is 22.9 Å². The van der Waals surface area contributed by atoms with Crippen molar-refractivity contribution in [1.82, 2.24) is 4.98 Å². The maximum absolute atomic E-state index is 9.23. The highest BCUT2D eigenvalue weighted by molar-refractivity contribution is 7.11. The summed E-state index contributed by atoms with van der Waals surface area (Å²) in [5.41, 5.74) is 0.768. The minimum atomic E-state index is -0.0305. The summed E-state index contributed by atoms with van der Waals surface area (Å²) in [6.45, 7) is 0.730. The Bertz CT molecular complexity index is 527. The molecule has 0 saturated carbocycles. The van der Waals surface area contributed by atoms with Gasteiger partial charge in [-0.25, -0.2) is 4.98 Å². The third kappa shape index (κ3) is 3.91. The zero-order valence-electron chi connectivity index (χ0n) is 10.4. The van der Waals surface area contributed by atoms with Crippen LogP contribution in [0.3, 0.4) is 0 Å². The molecule has 0 aliphatic carbocycles. The van der Waals surface area contributed by atoms with Crippen LogP contribution in [0.2, 0.25) is 5.02 Å². The normalized spacial score (nSPS) is 10.7. The number of hydrogen-bond donors (Lipinski definition) is 1. The molecular formula is C13H14ClNO3S. The minimum absolute atomic E-state index is 0.0305. The summed E-state index contributed by atoms with van der Waals surface area (Å²) >= 11 is 7.23. The number of nitrogens with zero attached hydrogens (tertiary/aromatic N) is 1. The Morgan fingerprint density at radius 3 is 2.63 bits per heavy atom. The Morgan fingerprint density at radius 1 is 1.26 bits per heavy atom. The van der Waals surface area contributed by atoms with E-state index in [-0.39, 0.29) is 6.61 Å². The second kappa shape index (κ2) is 6.86. The third-order valence-electron chi connectivity index (χ3n) is 2.42. The number of rotatable bonds is 6. The number of halogens is 1. The summed E-state index contributed by atoms with van der Waals surface area (Å²) in [4.78, 5) is 5.20. The van der Waals surface area contributed by atoms with E-state index >= 15 is 0 Å². The van der Waals surface area contributed by atoms with Gasteiger partial charge in [-0.15, -0.1) is 11.3 Å². The number of aliphatic hydroxyl groups is 1. The predicted molar refractivity (Wildman–Crippen MR) is 74.5 cm³/mol. The molecular weight excluding hydrogens is 286 g/mol. The first-order valence-electron chi connectivity index (χ1n) is 5.68. The van der Waals surface area contributed by atoms with E-state index in [4.69, 9.17) is 21.1 Å². The Hall–Kier alpha value is -1.14. The summed E-state index contributed by atoms with van der Waals surface area (Å²) in [6, 6.07) is 7.15. The monoisotopic (exact) mass is 299 g/mol. The number of aliphatic hydroxyl groups excluding tert-OH is 1. The van der Waals surface area contributed by atoms with E-state index in [9.17, 15) is 5.11 Å². The predicted octanol–water partition coefficient (Wildman–Crippen LogP) is 3.01. The molecule has 102 valence electrons. The van der Waals surface area contributed by atoms with Crippen LogP contribution in [-0.2, 0) is 24.6 Å². The van der Waals surface area contributed by atoms with Crippen molar-refractivity contribution in [3.63, 3.8) is 0 Å². The third-order valence-corrected chi connectivity index (χ3v) is 3.73. The van der Waals surface area contributed by atoms with E-state index in [0.717, 1.165) is 21.3 Å². The Kier molecular flexibility index (Phi) is 5.15. The van der Waals surface area contributed by atoms with E-state index in [0.29, 0.717) is 18.2 Å². The van der Waals surface area contributed by atoms with Gasteiger partial charge in [-0.05, 0) is 24.3 Å². The number of benzene rings is 1. The van der Waals surface area contributed by atoms with Crippen molar-refractivity contribution in [3.8, 4) is 5.75 Å². The quantitative estimate of drug-likeness (QED) is 0.891. The fourth-order valence-corrected chi connectivity index (χ4v) is 2.52. The molecule has 0 atom stereocenters. The van der Waals surface area contributed by atoms with Gasteiger partial charge in [-0.3, -0.25) is 0 Å². The molecule has 0 spiro atoms. The van der Waals surface area contributed by atoms with Crippen molar-refractivity contribution in [2.45, 2.75) is 19.8 Å². The first-order chi connectivity index (χ1) is 9.22. The Balaban J connectivity index is 2.01. The molecule has 0 unspecified atom stereocenters. The number of thiazole rings is 1. The summed E-state index contributed by atoms with van der Waals surface area (Å²) in [6.07, 6.45) is 0. The maximum atomic E-state index is 9.23. The van der Waals surface area contributed by atoms with Gasteiger partial charge in [0.05, 0.1) is 23.8 Å². The van der Waals surface area contributed by atoms with Gasteiger partial charge in [0, 0.05) is 12.1 Å². The minimum Gasteiger partial charge on any atom is -0.486 e. The van der Waals surface area contributed by atoms with Crippen molar-refractivity contribution >= 4 is 22.9 Å². The lowest BCUT2D eigenvalue weighted by molar-refractivity contribution is 0.178. The molecule has 1 aromatic heterocycles. The lowest BCUT2D eigenvalue weighted by Crippen LogP contribution is -1.96. The molecule has 0 aliphatic heterocycles. The molecule has 4 nitrogen and oxygen atoms in total. The van der Waals surface area contributed by atoms with Crippen LogP contribution in [0.15, 0.2) is 24.3 Å². The largest absolute Gasteiger partial charge is 0.486 e. The topological polar surface area (TPSA) is 51.6 Å². The molecule has 6 heteroatoms. The van der Waals surface area contributed by atoms with Crippen molar-refractivity contribution < 1.29 is 14.6 Å². The maximum Gasteiger partial charge on any atom is 0.140 e. The first kappa shape index (κ1) is 14.3. The summed E-state index contributed by atoms with van der Waals surface area (Å²) < 4.78 is 10.6. The average Bonchev–Trinajstić information content (AvgIpc) is 2.81. The Labute approximate surface area is 120 Å². The van der Waals surface area contributed by atoms with Crippen molar-refractivity contribution in [1.29, 1.82) is 0 Å². The lowest BCUT2D eigenvalue weighted by atomic mass is 10.3. The van der Waals surface area contributed by atoms with Crippen LogP contribution in [-0.4, -0.2) is 17.2 Å². The molecule has 0 aliphatic rings. The van der Waals surface area contributed by atoms with E-state index in [1.54, 1.807) is 31.4 Å². The molecule has 0 saturated heterocycles. The number of hydrogen-bond acceptors (Lipinski definition) is 5. The number of ether oxygens (including phenoxy) is 2. The second-order valence-corrected chi connectivity index (χ2v) is 5.42. The molecule has 2 rings (SSSR count). The zero-order valence-corrected chi connectivity index (χ0v) is 12.0. The van der Waals surface area contributed by atoms with Crippen LogP contribution < -0.4 is 4.74 Å². The van der Waals surface area contributed by atoms with Crippen LogP contribution in [0.5, 0.6) is 5.75 Å². The molecule has 1 aromatic carbocycles. The van der Waals surface area contributed by atoms with Gasteiger partial charge in [0.15, 0.2) is 0 Å². The van der Waals surface area contributed by atoms with Gasteiger partial charge in [-0.1, -0.05) is 11.6 Å². The highest BCUT2D eigenvalue weighted by Crippen LogP contribution is 2.22. The number of methoxy groups -OCH3 is 1. The molecule has 2 aromatic rings. The van der Waals surface area contributed by atoms with E-state index in [1.807, 2.05) is 0 Å².